The molecule has 1 aliphatic heterocycles. The molecule has 2 aromatic rings. The Labute approximate surface area is 149 Å². The van der Waals surface area contributed by atoms with E-state index >= 15 is 0 Å². The lowest BCUT2D eigenvalue weighted by Gasteiger charge is -2.20. The molecule has 0 bridgehead atoms. The first kappa shape index (κ1) is 17.5. The normalized spacial score (nSPS) is 16.5. The SMILES string of the molecule is COc1cc(N2C[C@H](C(=O)Nc3ncn[nH]3)CC2=O)cc(OC)c1OC. The first-order chi connectivity index (χ1) is 12.6. The molecule has 2 heterocycles. The average Bonchev–Trinajstić information content (AvgIpc) is 3.29. The van der Waals surface area contributed by atoms with Gasteiger partial charge in [-0.25, -0.2) is 5.10 Å². The van der Waals surface area contributed by atoms with Crippen LogP contribution in [-0.2, 0) is 9.59 Å². The number of rotatable bonds is 6. The number of carbonyl (C=O) groups is 2. The van der Waals surface area contributed by atoms with Crippen molar-refractivity contribution in [1.29, 1.82) is 0 Å². The highest BCUT2D eigenvalue weighted by Gasteiger charge is 2.36. The number of aromatic nitrogens is 3. The second-order valence-electron chi connectivity index (χ2n) is 5.61. The zero-order valence-electron chi connectivity index (χ0n) is 14.6. The van der Waals surface area contributed by atoms with E-state index in [1.807, 2.05) is 0 Å². The Morgan fingerprint density at radius 1 is 1.23 bits per heavy atom. The smallest absolute Gasteiger partial charge is 0.232 e. The fourth-order valence-electron chi connectivity index (χ4n) is 2.84. The summed E-state index contributed by atoms with van der Waals surface area (Å²) in [6.07, 6.45) is 1.38. The van der Waals surface area contributed by atoms with E-state index in [4.69, 9.17) is 14.2 Å². The largest absolute Gasteiger partial charge is 0.493 e. The molecule has 1 fully saturated rings. The van der Waals surface area contributed by atoms with Crippen molar-refractivity contribution >= 4 is 23.5 Å². The number of nitrogens with zero attached hydrogens (tertiary/aromatic N) is 3. The van der Waals surface area contributed by atoms with Gasteiger partial charge in [0.15, 0.2) is 11.5 Å². The number of methoxy groups -OCH3 is 3. The van der Waals surface area contributed by atoms with Crippen LogP contribution in [0.15, 0.2) is 18.5 Å². The van der Waals surface area contributed by atoms with Gasteiger partial charge in [0.2, 0.25) is 23.5 Å². The highest BCUT2D eigenvalue weighted by atomic mass is 16.5. The molecule has 138 valence electrons. The van der Waals surface area contributed by atoms with Crippen LogP contribution in [0.5, 0.6) is 17.2 Å². The minimum atomic E-state index is -0.508. The molecule has 26 heavy (non-hydrogen) atoms. The first-order valence-corrected chi connectivity index (χ1v) is 7.84. The maximum atomic E-state index is 12.4. The highest BCUT2D eigenvalue weighted by molar-refractivity contribution is 6.03. The first-order valence-electron chi connectivity index (χ1n) is 7.84. The number of hydrogen-bond donors (Lipinski definition) is 2. The quantitative estimate of drug-likeness (QED) is 0.782. The Hall–Kier alpha value is -3.30. The fraction of sp³-hybridized carbons (Fsp3) is 0.375. The van der Waals surface area contributed by atoms with Gasteiger partial charge in [-0.3, -0.25) is 14.9 Å². The van der Waals surface area contributed by atoms with Gasteiger partial charge in [0.25, 0.3) is 0 Å². The monoisotopic (exact) mass is 361 g/mol. The average molecular weight is 361 g/mol. The predicted octanol–water partition coefficient (Wildman–Crippen LogP) is 0.822. The molecule has 1 aromatic heterocycles. The second kappa shape index (κ2) is 7.30. The number of aromatic amines is 1. The molecule has 10 nitrogen and oxygen atoms in total. The van der Waals surface area contributed by atoms with Crippen molar-refractivity contribution in [2.45, 2.75) is 6.42 Å². The zero-order valence-corrected chi connectivity index (χ0v) is 14.6. The molecule has 0 unspecified atom stereocenters. The van der Waals surface area contributed by atoms with Crippen molar-refractivity contribution in [1.82, 2.24) is 15.2 Å². The summed E-state index contributed by atoms with van der Waals surface area (Å²) < 4.78 is 15.9. The topological polar surface area (TPSA) is 119 Å². The summed E-state index contributed by atoms with van der Waals surface area (Å²) in [6, 6.07) is 3.35. The lowest BCUT2D eigenvalue weighted by atomic mass is 10.1. The number of H-pyrrole nitrogens is 1. The molecule has 1 aliphatic rings. The minimum Gasteiger partial charge on any atom is -0.493 e. The molecule has 1 aromatic carbocycles. The van der Waals surface area contributed by atoms with E-state index in [0.717, 1.165) is 0 Å². The summed E-state index contributed by atoms with van der Waals surface area (Å²) in [7, 11) is 4.51. The summed E-state index contributed by atoms with van der Waals surface area (Å²) >= 11 is 0. The molecule has 0 radical (unpaired) electrons. The van der Waals surface area contributed by atoms with Gasteiger partial charge in [0.05, 0.1) is 32.9 Å². The van der Waals surface area contributed by atoms with Gasteiger partial charge < -0.3 is 19.1 Å². The van der Waals surface area contributed by atoms with Gasteiger partial charge in [0, 0.05) is 25.1 Å². The van der Waals surface area contributed by atoms with Crippen molar-refractivity contribution in [3.05, 3.63) is 18.5 Å². The molecular weight excluding hydrogens is 342 g/mol. The molecule has 3 rings (SSSR count). The van der Waals surface area contributed by atoms with Crippen LogP contribution < -0.4 is 24.4 Å². The maximum absolute atomic E-state index is 12.4. The van der Waals surface area contributed by atoms with E-state index in [2.05, 4.69) is 20.5 Å². The Bertz CT molecular complexity index is 782. The summed E-state index contributed by atoms with van der Waals surface area (Å²) in [6.45, 7) is 0.234. The molecule has 10 heteroatoms. The number of nitrogens with one attached hydrogen (secondary N) is 2. The summed E-state index contributed by atoms with van der Waals surface area (Å²) in [4.78, 5) is 30.1. The summed E-state index contributed by atoms with van der Waals surface area (Å²) in [5.41, 5.74) is 0.569. The van der Waals surface area contributed by atoms with Crippen LogP contribution in [0.25, 0.3) is 0 Å². The van der Waals surface area contributed by atoms with Crippen LogP contribution >= 0.6 is 0 Å². The lowest BCUT2D eigenvalue weighted by molar-refractivity contribution is -0.122. The van der Waals surface area contributed by atoms with Gasteiger partial charge in [-0.15, -0.1) is 0 Å². The Morgan fingerprint density at radius 3 is 2.46 bits per heavy atom. The van der Waals surface area contributed by atoms with E-state index in [1.54, 1.807) is 12.1 Å². The van der Waals surface area contributed by atoms with Crippen LogP contribution in [0.4, 0.5) is 11.6 Å². The molecule has 1 atom stereocenters. The van der Waals surface area contributed by atoms with Gasteiger partial charge in [0.1, 0.15) is 6.33 Å². The van der Waals surface area contributed by atoms with Crippen molar-refractivity contribution < 1.29 is 23.8 Å². The third-order valence-electron chi connectivity index (χ3n) is 4.11. The van der Waals surface area contributed by atoms with Crippen molar-refractivity contribution in [2.75, 3.05) is 38.1 Å². The number of hydrogen-bond acceptors (Lipinski definition) is 7. The van der Waals surface area contributed by atoms with Crippen molar-refractivity contribution in [3.8, 4) is 17.2 Å². The number of ether oxygens (including phenoxy) is 3. The molecule has 0 aliphatic carbocycles. The molecular formula is C16H19N5O5. The van der Waals surface area contributed by atoms with E-state index in [0.29, 0.717) is 22.9 Å². The summed E-state index contributed by atoms with van der Waals surface area (Å²) in [5, 5.41) is 8.82. The van der Waals surface area contributed by atoms with Crippen molar-refractivity contribution in [2.24, 2.45) is 5.92 Å². The van der Waals surface area contributed by atoms with E-state index in [9.17, 15) is 9.59 Å². The van der Waals surface area contributed by atoms with Gasteiger partial charge >= 0.3 is 0 Å². The number of carbonyl (C=O) groups excluding carboxylic acids is 2. The maximum Gasteiger partial charge on any atom is 0.232 e. The molecule has 2 amide bonds. The number of anilines is 2. The van der Waals surface area contributed by atoms with E-state index < -0.39 is 5.92 Å². The van der Waals surface area contributed by atoms with Crippen LogP contribution in [0.2, 0.25) is 0 Å². The Balaban J connectivity index is 1.81. The molecule has 2 N–H and O–H groups in total. The summed E-state index contributed by atoms with van der Waals surface area (Å²) in [5.74, 6) is 0.570. The molecule has 0 spiro atoms. The van der Waals surface area contributed by atoms with Crippen LogP contribution in [0, 0.1) is 5.92 Å². The van der Waals surface area contributed by atoms with E-state index in [-0.39, 0.29) is 30.7 Å². The van der Waals surface area contributed by atoms with Crippen LogP contribution in [0.3, 0.4) is 0 Å². The number of amides is 2. The van der Waals surface area contributed by atoms with Gasteiger partial charge in [-0.1, -0.05) is 0 Å². The highest BCUT2D eigenvalue weighted by Crippen LogP contribution is 2.42. The van der Waals surface area contributed by atoms with Crippen molar-refractivity contribution in [3.63, 3.8) is 0 Å². The Morgan fingerprint density at radius 2 is 1.92 bits per heavy atom. The lowest BCUT2D eigenvalue weighted by Crippen LogP contribution is -2.28. The van der Waals surface area contributed by atoms with Gasteiger partial charge in [-0.2, -0.15) is 10.1 Å². The van der Waals surface area contributed by atoms with Gasteiger partial charge in [-0.05, 0) is 0 Å². The molecule has 1 saturated heterocycles. The zero-order chi connectivity index (χ0) is 18.7. The minimum absolute atomic E-state index is 0.0939. The fourth-order valence-corrected chi connectivity index (χ4v) is 2.84. The van der Waals surface area contributed by atoms with Crippen LogP contribution in [-0.4, -0.2) is 54.9 Å². The van der Waals surface area contributed by atoms with Crippen LogP contribution in [0.1, 0.15) is 6.42 Å². The molecule has 0 saturated carbocycles. The van der Waals surface area contributed by atoms with E-state index in [1.165, 1.54) is 32.6 Å². The Kier molecular flexibility index (Phi) is 4.92. The standard InChI is InChI=1S/C16H19N5O5/c1-24-11-5-10(6-12(25-2)14(11)26-3)21-7-9(4-13(21)22)15(23)19-16-17-8-18-20-16/h5-6,8-9H,4,7H2,1-3H3,(H2,17,18,19,20,23)/t9-/m1/s1. The number of benzene rings is 1. The third kappa shape index (κ3) is 3.25. The second-order valence-corrected chi connectivity index (χ2v) is 5.61. The predicted molar refractivity (Wildman–Crippen MR) is 91.6 cm³/mol. The third-order valence-corrected chi connectivity index (χ3v) is 4.11.